The minimum Gasteiger partial charge on any atom is -0.310 e. The van der Waals surface area contributed by atoms with E-state index >= 15 is 0 Å². The fourth-order valence-corrected chi connectivity index (χ4v) is 14.1. The normalized spacial score (nSPS) is 12.5. The molecule has 2 aliphatic heterocycles. The third kappa shape index (κ3) is 8.42. The lowest BCUT2D eigenvalue weighted by Crippen LogP contribution is -2.60. The molecule has 13 aromatic carbocycles. The van der Waals surface area contributed by atoms with Crippen molar-refractivity contribution >= 4 is 73.5 Å². The van der Waals surface area contributed by atoms with Gasteiger partial charge in [0.2, 0.25) is 6.71 Å². The van der Waals surface area contributed by atoms with Gasteiger partial charge in [-0.2, -0.15) is 0 Å². The molecule has 0 amide bonds. The second-order valence-electron chi connectivity index (χ2n) is 22.7. The van der Waals surface area contributed by atoms with Crippen LogP contribution in [0.4, 0.5) is 17.1 Å². The molecule has 0 aromatic heterocycles. The van der Waals surface area contributed by atoms with Crippen LogP contribution < -0.4 is 21.3 Å². The van der Waals surface area contributed by atoms with Crippen LogP contribution in [0.3, 0.4) is 0 Å². The molecule has 0 bridgehead atoms. The molecule has 0 saturated carbocycles. The van der Waals surface area contributed by atoms with Crippen LogP contribution in [0.5, 0.6) is 0 Å². The molecule has 0 N–H and O–H groups in total. The van der Waals surface area contributed by atoms with E-state index in [1.807, 2.05) is 11.8 Å². The van der Waals surface area contributed by atoms with Gasteiger partial charge < -0.3 is 4.90 Å². The summed E-state index contributed by atoms with van der Waals surface area (Å²) >= 11 is 1.93. The minimum absolute atomic E-state index is 0.0331. The molecule has 2 aliphatic rings. The Balaban J connectivity index is 1.06. The van der Waals surface area contributed by atoms with Crippen LogP contribution in [0.1, 0.15) is 26.3 Å². The molecule has 3 heteroatoms. The lowest BCUT2D eigenvalue weighted by atomic mass is 9.34. The smallest absolute Gasteiger partial charge is 0.249 e. The monoisotopic (exact) mass is 1050 g/mol. The minimum atomic E-state index is -0.140. The molecule has 13 aromatic rings. The zero-order chi connectivity index (χ0) is 54.2. The van der Waals surface area contributed by atoms with Crippen LogP contribution >= 0.6 is 11.8 Å². The number of hydrogen-bond acceptors (Lipinski definition) is 2. The average molecular weight is 1050 g/mol. The number of rotatable bonds is 8. The van der Waals surface area contributed by atoms with Gasteiger partial charge >= 0.3 is 0 Å². The maximum Gasteiger partial charge on any atom is 0.249 e. The first kappa shape index (κ1) is 48.7. The SMILES string of the molecule is CC(C)(C)c1cc2c3c(c1)N(c1c(-c4ccccc4)cc(-c4ccccc4)cc1-c1ccccc1)c1cc(-c4ccc5c(-c6ccccc6)c6ccccc6c(-c6ccccc6)c5c4)ccc1B3c1cc(-c3ccccc3)ccc1S2. The van der Waals surface area contributed by atoms with Gasteiger partial charge in [-0.1, -0.05) is 281 Å². The lowest BCUT2D eigenvalue weighted by molar-refractivity contribution is 0.589. The van der Waals surface area contributed by atoms with E-state index in [1.54, 1.807) is 0 Å². The lowest BCUT2D eigenvalue weighted by Gasteiger charge is -2.43. The Morgan fingerprint density at radius 2 is 0.753 bits per heavy atom. The predicted octanol–water partition coefficient (Wildman–Crippen LogP) is 19.7. The average Bonchev–Trinajstić information content (AvgIpc) is 3.56. The molecule has 0 radical (unpaired) electrons. The first-order chi connectivity index (χ1) is 39.8. The van der Waals surface area contributed by atoms with E-state index in [1.165, 1.54) is 137 Å². The third-order valence-electron chi connectivity index (χ3n) is 16.8. The van der Waals surface area contributed by atoms with Gasteiger partial charge in [0, 0.05) is 32.3 Å². The summed E-state index contributed by atoms with van der Waals surface area (Å²) in [6.45, 7) is 7.05. The van der Waals surface area contributed by atoms with Crippen LogP contribution in [-0.2, 0) is 5.41 Å². The number of benzene rings is 13. The highest BCUT2D eigenvalue weighted by molar-refractivity contribution is 8.00. The third-order valence-corrected chi connectivity index (χ3v) is 18.0. The summed E-state index contributed by atoms with van der Waals surface area (Å²) in [5, 5.41) is 4.97. The first-order valence-corrected chi connectivity index (χ1v) is 29.1. The molecular weight excluding hydrogens is 994 g/mol. The van der Waals surface area contributed by atoms with Gasteiger partial charge in [0.1, 0.15) is 0 Å². The van der Waals surface area contributed by atoms with Gasteiger partial charge in [0.15, 0.2) is 0 Å². The van der Waals surface area contributed by atoms with Crippen LogP contribution in [0.25, 0.3) is 99.4 Å². The Bertz CT molecular complexity index is 4490. The molecule has 15 rings (SSSR count). The topological polar surface area (TPSA) is 3.24 Å². The van der Waals surface area contributed by atoms with Crippen molar-refractivity contribution in [3.8, 4) is 77.9 Å². The maximum atomic E-state index is 2.69. The summed E-state index contributed by atoms with van der Waals surface area (Å²) in [6, 6.07) is 107. The Hall–Kier alpha value is -9.41. The van der Waals surface area contributed by atoms with Gasteiger partial charge in [-0.3, -0.25) is 0 Å². The summed E-state index contributed by atoms with van der Waals surface area (Å²) in [5.74, 6) is 0. The van der Waals surface area contributed by atoms with E-state index in [0.29, 0.717) is 0 Å². The number of hydrogen-bond donors (Lipinski definition) is 0. The highest BCUT2D eigenvalue weighted by atomic mass is 32.2. The van der Waals surface area contributed by atoms with Crippen LogP contribution in [0, 0.1) is 0 Å². The van der Waals surface area contributed by atoms with E-state index < -0.39 is 0 Å². The summed E-state index contributed by atoms with van der Waals surface area (Å²) in [7, 11) is 0. The fourth-order valence-electron chi connectivity index (χ4n) is 12.9. The number of anilines is 3. The van der Waals surface area contributed by atoms with Crippen molar-refractivity contribution in [2.24, 2.45) is 0 Å². The second kappa shape index (κ2) is 19.7. The Kier molecular flexibility index (Phi) is 11.9. The van der Waals surface area contributed by atoms with Gasteiger partial charge in [-0.15, -0.1) is 0 Å². The standard InChI is InChI=1S/C78H56BNS/c1-78(2,3)61-49-71-76-73(50-61)81-72-43-40-58(51-24-10-4-11-25-51)47-69(72)79(76)68-42-39-59(57-38-41-64-67(44-57)75(56-34-20-9-21-35-56)63-37-23-22-36-62(63)74(64)55-32-18-8-19-33-55)48-70(68)80(71)77-65(53-28-14-6-15-29-53)45-60(52-26-12-5-13-27-52)46-66(77)54-30-16-7-17-31-54/h4-50H,1-3H3. The Labute approximate surface area is 480 Å². The van der Waals surface area contributed by atoms with Crippen molar-refractivity contribution in [2.45, 2.75) is 36.0 Å². The zero-order valence-electron chi connectivity index (χ0n) is 45.6. The van der Waals surface area contributed by atoms with Crippen LogP contribution in [0.2, 0.25) is 0 Å². The molecule has 2 heterocycles. The Morgan fingerprint density at radius 3 is 1.31 bits per heavy atom. The fraction of sp³-hybridized carbons (Fsp3) is 0.0513. The molecule has 81 heavy (non-hydrogen) atoms. The highest BCUT2D eigenvalue weighted by Gasteiger charge is 2.43. The molecule has 382 valence electrons. The first-order valence-electron chi connectivity index (χ1n) is 28.3. The van der Waals surface area contributed by atoms with Crippen molar-refractivity contribution in [3.05, 3.63) is 291 Å². The molecule has 0 unspecified atom stereocenters. The van der Waals surface area contributed by atoms with E-state index in [-0.39, 0.29) is 12.1 Å². The zero-order valence-corrected chi connectivity index (χ0v) is 46.4. The predicted molar refractivity (Wildman–Crippen MR) is 348 cm³/mol. The Morgan fingerprint density at radius 1 is 0.309 bits per heavy atom. The summed E-state index contributed by atoms with van der Waals surface area (Å²) in [6.07, 6.45) is 0. The molecule has 0 saturated heterocycles. The second-order valence-corrected chi connectivity index (χ2v) is 23.8. The largest absolute Gasteiger partial charge is 0.310 e. The van der Waals surface area contributed by atoms with Gasteiger partial charge in [-0.05, 0) is 153 Å². The van der Waals surface area contributed by atoms with Gasteiger partial charge in [0.05, 0.1) is 5.69 Å². The molecular formula is C78H56BNS. The van der Waals surface area contributed by atoms with E-state index in [4.69, 9.17) is 0 Å². The van der Waals surface area contributed by atoms with E-state index in [0.717, 1.165) is 11.3 Å². The van der Waals surface area contributed by atoms with Gasteiger partial charge in [-0.25, -0.2) is 0 Å². The van der Waals surface area contributed by atoms with Crippen molar-refractivity contribution < 1.29 is 0 Å². The maximum absolute atomic E-state index is 2.69. The summed E-state index contributed by atoms with van der Waals surface area (Å²) in [4.78, 5) is 5.31. The number of nitrogens with zero attached hydrogens (tertiary/aromatic N) is 1. The van der Waals surface area contributed by atoms with Crippen molar-refractivity contribution in [2.75, 3.05) is 4.90 Å². The molecule has 0 aliphatic carbocycles. The summed E-state index contributed by atoms with van der Waals surface area (Å²) in [5.41, 5.74) is 25.5. The molecule has 0 spiro atoms. The van der Waals surface area contributed by atoms with Crippen molar-refractivity contribution in [1.82, 2.24) is 0 Å². The molecule has 0 fully saturated rings. The quantitative estimate of drug-likeness (QED) is 0.110. The van der Waals surface area contributed by atoms with Gasteiger partial charge in [0.25, 0.3) is 0 Å². The number of fused-ring (bicyclic) bond motifs is 6. The van der Waals surface area contributed by atoms with E-state index in [2.05, 4.69) is 311 Å². The van der Waals surface area contributed by atoms with E-state index in [9.17, 15) is 0 Å². The van der Waals surface area contributed by atoms with Crippen LogP contribution in [-0.4, -0.2) is 6.71 Å². The van der Waals surface area contributed by atoms with Crippen molar-refractivity contribution in [1.29, 1.82) is 0 Å². The molecule has 1 nitrogen and oxygen atoms in total. The summed E-state index contributed by atoms with van der Waals surface area (Å²) < 4.78 is 0. The molecule has 0 atom stereocenters. The van der Waals surface area contributed by atoms with Crippen molar-refractivity contribution in [3.63, 3.8) is 0 Å². The van der Waals surface area contributed by atoms with Crippen LogP contribution in [0.15, 0.2) is 295 Å². The highest BCUT2D eigenvalue weighted by Crippen LogP contribution is 2.53.